The second kappa shape index (κ2) is 7.77. The minimum absolute atomic E-state index is 0.152. The maximum absolute atomic E-state index is 12.2. The quantitative estimate of drug-likeness (QED) is 0.594. The van der Waals surface area contributed by atoms with E-state index in [4.69, 9.17) is 4.74 Å². The molecular formula is C19H26N2O3. The number of carbonyl (C=O) groups excluding carboxylic acids is 2. The van der Waals surface area contributed by atoms with Gasteiger partial charge in [0.15, 0.2) is 0 Å². The van der Waals surface area contributed by atoms with Crippen molar-refractivity contribution in [2.75, 3.05) is 19.7 Å². The Labute approximate surface area is 143 Å². The average Bonchev–Trinajstić information content (AvgIpc) is 3.43. The highest BCUT2D eigenvalue weighted by atomic mass is 16.5. The van der Waals surface area contributed by atoms with E-state index in [-0.39, 0.29) is 23.7 Å². The van der Waals surface area contributed by atoms with E-state index < -0.39 is 0 Å². The third-order valence-corrected chi connectivity index (χ3v) is 4.76. The van der Waals surface area contributed by atoms with Crippen LogP contribution in [0.5, 0.6) is 0 Å². The molecule has 0 spiro atoms. The first-order valence-corrected chi connectivity index (χ1v) is 9.01. The summed E-state index contributed by atoms with van der Waals surface area (Å²) in [5.41, 5.74) is 2.04. The Balaban J connectivity index is 1.39. The minimum Gasteiger partial charge on any atom is -0.465 e. The summed E-state index contributed by atoms with van der Waals surface area (Å²) in [5, 5.41) is 0. The van der Waals surface area contributed by atoms with Crippen molar-refractivity contribution in [3.63, 3.8) is 0 Å². The predicted octanol–water partition coefficient (Wildman–Crippen LogP) is 2.51. The second-order valence-corrected chi connectivity index (χ2v) is 6.94. The Hall–Kier alpha value is -1.91. The van der Waals surface area contributed by atoms with Gasteiger partial charge in [-0.2, -0.15) is 0 Å². The molecule has 3 rings (SSSR count). The number of likely N-dealkylation sites (tertiary alicyclic amines) is 1. The van der Waals surface area contributed by atoms with E-state index in [1.54, 1.807) is 0 Å². The number of aromatic nitrogens is 1. The van der Waals surface area contributed by atoms with Gasteiger partial charge in [0.1, 0.15) is 0 Å². The van der Waals surface area contributed by atoms with Crippen molar-refractivity contribution in [2.24, 2.45) is 11.8 Å². The summed E-state index contributed by atoms with van der Waals surface area (Å²) in [6, 6.07) is 5.97. The van der Waals surface area contributed by atoms with Crippen LogP contribution in [-0.4, -0.2) is 41.5 Å². The molecule has 0 aromatic carbocycles. The predicted molar refractivity (Wildman–Crippen MR) is 90.3 cm³/mol. The van der Waals surface area contributed by atoms with Crippen molar-refractivity contribution in [1.82, 2.24) is 9.88 Å². The lowest BCUT2D eigenvalue weighted by atomic mass is 9.98. The average molecular weight is 330 g/mol. The van der Waals surface area contributed by atoms with Gasteiger partial charge < -0.3 is 9.64 Å². The topological polar surface area (TPSA) is 59.5 Å². The third-order valence-electron chi connectivity index (χ3n) is 4.76. The molecule has 0 radical (unpaired) electrons. The number of amides is 1. The molecule has 1 atom stereocenters. The fourth-order valence-corrected chi connectivity index (χ4v) is 3.24. The van der Waals surface area contributed by atoms with Gasteiger partial charge in [0.2, 0.25) is 5.91 Å². The van der Waals surface area contributed by atoms with E-state index >= 15 is 0 Å². The molecule has 1 aromatic heterocycles. The van der Waals surface area contributed by atoms with Crippen LogP contribution in [0.3, 0.4) is 0 Å². The van der Waals surface area contributed by atoms with Gasteiger partial charge in [-0.15, -0.1) is 0 Å². The van der Waals surface area contributed by atoms with Crippen molar-refractivity contribution < 1.29 is 14.3 Å². The molecule has 2 heterocycles. The summed E-state index contributed by atoms with van der Waals surface area (Å²) in [7, 11) is 0. The van der Waals surface area contributed by atoms with Crippen LogP contribution in [0.15, 0.2) is 18.2 Å². The molecule has 1 amide bonds. The smallest absolute Gasteiger partial charge is 0.310 e. The van der Waals surface area contributed by atoms with E-state index in [1.165, 1.54) is 0 Å². The molecule has 130 valence electrons. The highest BCUT2D eigenvalue weighted by Crippen LogP contribution is 2.32. The molecule has 5 nitrogen and oxygen atoms in total. The normalized spacial score (nSPS) is 20.7. The number of ether oxygens (including phenoxy) is 1. The first kappa shape index (κ1) is 16.9. The molecule has 0 N–H and O–H groups in total. The lowest BCUT2D eigenvalue weighted by Crippen LogP contribution is -2.43. The highest BCUT2D eigenvalue weighted by Gasteiger charge is 2.37. The fourth-order valence-electron chi connectivity index (χ4n) is 3.24. The molecule has 1 aliphatic carbocycles. The Morgan fingerprint density at radius 1 is 1.25 bits per heavy atom. The molecule has 1 aromatic rings. The Morgan fingerprint density at radius 3 is 2.83 bits per heavy atom. The molecule has 2 fully saturated rings. The van der Waals surface area contributed by atoms with Gasteiger partial charge in [-0.05, 0) is 57.6 Å². The van der Waals surface area contributed by atoms with Gasteiger partial charge in [0.25, 0.3) is 0 Å². The Bertz CT molecular complexity index is 598. The van der Waals surface area contributed by atoms with Crippen LogP contribution in [0.2, 0.25) is 0 Å². The second-order valence-electron chi connectivity index (χ2n) is 6.94. The first-order valence-electron chi connectivity index (χ1n) is 9.01. The van der Waals surface area contributed by atoms with Crippen LogP contribution >= 0.6 is 0 Å². The third kappa shape index (κ3) is 4.56. The number of nitrogens with zero attached hydrogens (tertiary/aromatic N) is 2. The lowest BCUT2D eigenvalue weighted by molar-refractivity contribution is -0.152. The van der Waals surface area contributed by atoms with Crippen molar-refractivity contribution in [2.45, 2.75) is 45.4 Å². The monoisotopic (exact) mass is 330 g/mol. The standard InChI is InChI=1S/C19H26N2O3/c1-14-5-2-7-17(20-14)8-4-12-24-19(23)16-6-3-11-21(13-16)18(22)15-9-10-15/h2,5,7,15-16H,3-4,6,8-13H2,1H3. The largest absolute Gasteiger partial charge is 0.465 e. The fraction of sp³-hybridized carbons (Fsp3) is 0.632. The van der Waals surface area contributed by atoms with Gasteiger partial charge in [0.05, 0.1) is 12.5 Å². The summed E-state index contributed by atoms with van der Waals surface area (Å²) in [5.74, 6) is 0.152. The minimum atomic E-state index is -0.154. The molecule has 1 saturated carbocycles. The van der Waals surface area contributed by atoms with Crippen LogP contribution in [0.25, 0.3) is 0 Å². The Kier molecular flexibility index (Phi) is 5.48. The Morgan fingerprint density at radius 2 is 2.08 bits per heavy atom. The molecule has 0 bridgehead atoms. The van der Waals surface area contributed by atoms with E-state index in [0.717, 1.165) is 56.5 Å². The summed E-state index contributed by atoms with van der Waals surface area (Å²) < 4.78 is 5.43. The number of esters is 1. The van der Waals surface area contributed by atoms with E-state index in [9.17, 15) is 9.59 Å². The van der Waals surface area contributed by atoms with E-state index in [2.05, 4.69) is 4.98 Å². The van der Waals surface area contributed by atoms with Crippen LogP contribution in [0, 0.1) is 18.8 Å². The number of hydrogen-bond acceptors (Lipinski definition) is 4. The maximum Gasteiger partial charge on any atom is 0.310 e. The summed E-state index contributed by atoms with van der Waals surface area (Å²) in [6.45, 7) is 3.72. The van der Waals surface area contributed by atoms with Crippen LogP contribution in [0.1, 0.15) is 43.5 Å². The van der Waals surface area contributed by atoms with Crippen LogP contribution in [-0.2, 0) is 20.7 Å². The summed E-state index contributed by atoms with van der Waals surface area (Å²) in [4.78, 5) is 30.7. The van der Waals surface area contributed by atoms with Gasteiger partial charge in [-0.3, -0.25) is 14.6 Å². The molecule has 2 aliphatic rings. The first-order chi connectivity index (χ1) is 11.6. The number of piperidine rings is 1. The van der Waals surface area contributed by atoms with Crippen LogP contribution < -0.4 is 0 Å². The number of carbonyl (C=O) groups is 2. The van der Waals surface area contributed by atoms with Crippen molar-refractivity contribution in [1.29, 1.82) is 0 Å². The molecule has 1 aliphatic heterocycles. The van der Waals surface area contributed by atoms with E-state index in [0.29, 0.717) is 13.2 Å². The van der Waals surface area contributed by atoms with Gasteiger partial charge >= 0.3 is 5.97 Å². The zero-order chi connectivity index (χ0) is 16.9. The number of pyridine rings is 1. The summed E-state index contributed by atoms with van der Waals surface area (Å²) in [6.07, 6.45) is 5.33. The maximum atomic E-state index is 12.2. The molecular weight excluding hydrogens is 304 g/mol. The van der Waals surface area contributed by atoms with Gasteiger partial charge in [-0.25, -0.2) is 0 Å². The van der Waals surface area contributed by atoms with Gasteiger partial charge in [-0.1, -0.05) is 6.07 Å². The zero-order valence-electron chi connectivity index (χ0n) is 14.4. The molecule has 1 unspecified atom stereocenters. The molecule has 5 heteroatoms. The van der Waals surface area contributed by atoms with Crippen LogP contribution in [0.4, 0.5) is 0 Å². The lowest BCUT2D eigenvalue weighted by Gasteiger charge is -2.31. The number of aryl methyl sites for hydroxylation is 2. The van der Waals surface area contributed by atoms with Crippen molar-refractivity contribution in [3.05, 3.63) is 29.6 Å². The summed E-state index contributed by atoms with van der Waals surface area (Å²) >= 11 is 0. The highest BCUT2D eigenvalue weighted by molar-refractivity contribution is 5.82. The number of hydrogen-bond donors (Lipinski definition) is 0. The molecule has 1 saturated heterocycles. The van der Waals surface area contributed by atoms with Crippen molar-refractivity contribution in [3.8, 4) is 0 Å². The van der Waals surface area contributed by atoms with E-state index in [1.807, 2.05) is 30.0 Å². The number of rotatable bonds is 6. The van der Waals surface area contributed by atoms with Gasteiger partial charge in [0, 0.05) is 30.4 Å². The SMILES string of the molecule is Cc1cccc(CCCOC(=O)C2CCCN(C(=O)C3CC3)C2)n1. The zero-order valence-corrected chi connectivity index (χ0v) is 14.4. The van der Waals surface area contributed by atoms with Crippen molar-refractivity contribution >= 4 is 11.9 Å². The molecule has 24 heavy (non-hydrogen) atoms.